The summed E-state index contributed by atoms with van der Waals surface area (Å²) < 4.78 is 1.73. The first-order valence-electron chi connectivity index (χ1n) is 7.60. The highest BCUT2D eigenvalue weighted by Gasteiger charge is 2.26. The normalized spacial score (nSPS) is 12.6. The minimum absolute atomic E-state index is 0.0211. The van der Waals surface area contributed by atoms with E-state index in [1.165, 1.54) is 11.8 Å². The monoisotopic (exact) mass is 334 g/mol. The highest BCUT2D eigenvalue weighted by Crippen LogP contribution is 2.27. The van der Waals surface area contributed by atoms with E-state index in [9.17, 15) is 4.79 Å². The van der Waals surface area contributed by atoms with Gasteiger partial charge in [0.1, 0.15) is 0 Å². The Morgan fingerprint density at radius 3 is 2.74 bits per heavy atom. The van der Waals surface area contributed by atoms with Gasteiger partial charge in [-0.05, 0) is 41.8 Å². The van der Waals surface area contributed by atoms with E-state index >= 15 is 0 Å². The lowest BCUT2D eigenvalue weighted by Gasteiger charge is -2.19. The van der Waals surface area contributed by atoms with Crippen molar-refractivity contribution in [2.45, 2.75) is 50.7 Å². The number of carbonyl (C=O) groups is 1. The number of hydrogen-bond acceptors (Lipinski definition) is 6. The van der Waals surface area contributed by atoms with Crippen molar-refractivity contribution in [1.29, 1.82) is 0 Å². The first kappa shape index (κ1) is 17.4. The molecule has 1 N–H and O–H groups in total. The van der Waals surface area contributed by atoms with Crippen molar-refractivity contribution in [1.82, 2.24) is 30.5 Å². The summed E-state index contributed by atoms with van der Waals surface area (Å²) in [7, 11) is 0. The highest BCUT2D eigenvalue weighted by atomic mass is 32.2. The summed E-state index contributed by atoms with van der Waals surface area (Å²) in [6.07, 6.45) is 3.46. The smallest absolute Gasteiger partial charge is 0.234 e. The second kappa shape index (κ2) is 8.05. The second-order valence-electron chi connectivity index (χ2n) is 5.86. The van der Waals surface area contributed by atoms with E-state index in [-0.39, 0.29) is 23.1 Å². The number of nitrogens with one attached hydrogen (secondary N) is 1. The lowest BCUT2D eigenvalue weighted by Crippen LogP contribution is -2.35. The van der Waals surface area contributed by atoms with Crippen LogP contribution in [0.4, 0.5) is 0 Å². The molecule has 2 aromatic rings. The maximum atomic E-state index is 12.5. The first-order valence-corrected chi connectivity index (χ1v) is 8.48. The van der Waals surface area contributed by atoms with Gasteiger partial charge in [-0.1, -0.05) is 31.7 Å². The molecule has 23 heavy (non-hydrogen) atoms. The van der Waals surface area contributed by atoms with Gasteiger partial charge in [-0.2, -0.15) is 0 Å². The summed E-state index contributed by atoms with van der Waals surface area (Å²) in [6.45, 7) is 8.52. The van der Waals surface area contributed by atoms with Crippen LogP contribution in [-0.2, 0) is 11.3 Å². The molecule has 1 amide bonds. The zero-order valence-corrected chi connectivity index (χ0v) is 14.6. The van der Waals surface area contributed by atoms with Crippen molar-refractivity contribution in [3.63, 3.8) is 0 Å². The predicted molar refractivity (Wildman–Crippen MR) is 88.8 cm³/mol. The van der Waals surface area contributed by atoms with Crippen LogP contribution in [0.15, 0.2) is 29.7 Å². The van der Waals surface area contributed by atoms with E-state index in [0.717, 1.165) is 5.56 Å². The molecule has 1 unspecified atom stereocenters. The standard InChI is InChI=1S/C15H22N6OS/c1-10(2)13(23-15-18-19-20-21(15)11(3)4)14(22)17-9-12-6-5-7-16-8-12/h5-8,10-11,13H,9H2,1-4H3,(H,17,22). The Morgan fingerprint density at radius 1 is 1.35 bits per heavy atom. The van der Waals surface area contributed by atoms with Crippen LogP contribution in [-0.4, -0.2) is 36.3 Å². The van der Waals surface area contributed by atoms with Crippen LogP contribution in [0.3, 0.4) is 0 Å². The van der Waals surface area contributed by atoms with Crippen molar-refractivity contribution in [3.05, 3.63) is 30.1 Å². The Bertz CT molecular complexity index is 628. The summed E-state index contributed by atoms with van der Waals surface area (Å²) in [4.78, 5) is 16.6. The van der Waals surface area contributed by atoms with Crippen LogP contribution in [0.1, 0.15) is 39.3 Å². The maximum absolute atomic E-state index is 12.5. The van der Waals surface area contributed by atoms with Gasteiger partial charge in [-0.15, -0.1) is 5.10 Å². The molecule has 0 radical (unpaired) electrons. The summed E-state index contributed by atoms with van der Waals surface area (Å²) in [5.41, 5.74) is 0.973. The fourth-order valence-electron chi connectivity index (χ4n) is 1.99. The number of rotatable bonds is 7. The fraction of sp³-hybridized carbons (Fsp3) is 0.533. The van der Waals surface area contributed by atoms with Gasteiger partial charge in [0.25, 0.3) is 0 Å². The van der Waals surface area contributed by atoms with Crippen molar-refractivity contribution in [2.24, 2.45) is 5.92 Å². The SMILES string of the molecule is CC(C)C(Sc1nnnn1C(C)C)C(=O)NCc1cccnc1. The topological polar surface area (TPSA) is 85.6 Å². The van der Waals surface area contributed by atoms with Crippen molar-refractivity contribution < 1.29 is 4.79 Å². The van der Waals surface area contributed by atoms with E-state index in [1.807, 2.05) is 39.8 Å². The van der Waals surface area contributed by atoms with Crippen LogP contribution in [0.25, 0.3) is 0 Å². The van der Waals surface area contributed by atoms with Gasteiger partial charge in [0.2, 0.25) is 11.1 Å². The van der Waals surface area contributed by atoms with E-state index in [1.54, 1.807) is 17.1 Å². The fourth-order valence-corrected chi connectivity index (χ4v) is 3.11. The number of aromatic nitrogens is 5. The molecule has 0 saturated heterocycles. The Morgan fingerprint density at radius 2 is 2.13 bits per heavy atom. The van der Waals surface area contributed by atoms with Crippen LogP contribution < -0.4 is 5.32 Å². The number of thioether (sulfide) groups is 1. The molecule has 0 bridgehead atoms. The zero-order chi connectivity index (χ0) is 16.8. The molecule has 124 valence electrons. The van der Waals surface area contributed by atoms with Gasteiger partial charge in [0.15, 0.2) is 0 Å². The molecular weight excluding hydrogens is 312 g/mol. The molecular formula is C15H22N6OS. The summed E-state index contributed by atoms with van der Waals surface area (Å²) in [5.74, 6) is 0.137. The van der Waals surface area contributed by atoms with Crippen molar-refractivity contribution >= 4 is 17.7 Å². The molecule has 0 fully saturated rings. The lowest BCUT2D eigenvalue weighted by molar-refractivity contribution is -0.121. The molecule has 0 spiro atoms. The molecule has 7 nitrogen and oxygen atoms in total. The minimum Gasteiger partial charge on any atom is -0.351 e. The summed E-state index contributed by atoms with van der Waals surface area (Å²) >= 11 is 1.40. The quantitative estimate of drug-likeness (QED) is 0.780. The van der Waals surface area contributed by atoms with Crippen LogP contribution in [0, 0.1) is 5.92 Å². The molecule has 2 heterocycles. The molecule has 0 aliphatic rings. The minimum atomic E-state index is -0.254. The second-order valence-corrected chi connectivity index (χ2v) is 6.97. The van der Waals surface area contributed by atoms with Crippen LogP contribution in [0.2, 0.25) is 0 Å². The molecule has 1 atom stereocenters. The number of nitrogens with zero attached hydrogens (tertiary/aromatic N) is 5. The average molecular weight is 334 g/mol. The summed E-state index contributed by atoms with van der Waals surface area (Å²) in [5, 5.41) is 15.1. The third-order valence-corrected chi connectivity index (χ3v) is 4.73. The average Bonchev–Trinajstić information content (AvgIpc) is 2.99. The molecule has 2 rings (SSSR count). The highest BCUT2D eigenvalue weighted by molar-refractivity contribution is 8.00. The summed E-state index contributed by atoms with van der Waals surface area (Å²) in [6, 6.07) is 3.94. The Hall–Kier alpha value is -1.96. The van der Waals surface area contributed by atoms with Gasteiger partial charge in [0, 0.05) is 18.9 Å². The Labute approximate surface area is 140 Å². The Kier molecular flexibility index (Phi) is 6.09. The van der Waals surface area contributed by atoms with Gasteiger partial charge in [-0.3, -0.25) is 9.78 Å². The largest absolute Gasteiger partial charge is 0.351 e. The third kappa shape index (κ3) is 4.75. The van der Waals surface area contributed by atoms with Gasteiger partial charge >= 0.3 is 0 Å². The molecule has 0 saturated carbocycles. The molecule has 8 heteroatoms. The number of carbonyl (C=O) groups excluding carboxylic acids is 1. The van der Waals surface area contributed by atoms with Crippen molar-refractivity contribution in [3.8, 4) is 0 Å². The van der Waals surface area contributed by atoms with E-state index in [2.05, 4.69) is 25.8 Å². The van der Waals surface area contributed by atoms with Crippen LogP contribution in [0.5, 0.6) is 0 Å². The number of amides is 1. The first-order chi connectivity index (χ1) is 11.0. The molecule has 0 aliphatic carbocycles. The Balaban J connectivity index is 2.03. The zero-order valence-electron chi connectivity index (χ0n) is 13.8. The number of hydrogen-bond donors (Lipinski definition) is 1. The van der Waals surface area contributed by atoms with Crippen molar-refractivity contribution in [2.75, 3.05) is 0 Å². The lowest BCUT2D eigenvalue weighted by atomic mass is 10.1. The van der Waals surface area contributed by atoms with E-state index < -0.39 is 0 Å². The van der Waals surface area contributed by atoms with Gasteiger partial charge < -0.3 is 5.32 Å². The van der Waals surface area contributed by atoms with Gasteiger partial charge in [0.05, 0.1) is 11.3 Å². The number of pyridine rings is 1. The molecule has 2 aromatic heterocycles. The van der Waals surface area contributed by atoms with Crippen LogP contribution >= 0.6 is 11.8 Å². The molecule has 0 aliphatic heterocycles. The van der Waals surface area contributed by atoms with E-state index in [4.69, 9.17) is 0 Å². The molecule has 0 aromatic carbocycles. The maximum Gasteiger partial charge on any atom is 0.234 e. The van der Waals surface area contributed by atoms with Gasteiger partial charge in [-0.25, -0.2) is 4.68 Å². The predicted octanol–water partition coefficient (Wildman–Crippen LogP) is 2.08. The number of tetrazole rings is 1. The van der Waals surface area contributed by atoms with E-state index in [0.29, 0.717) is 11.7 Å². The third-order valence-electron chi connectivity index (χ3n) is 3.24.